The van der Waals surface area contributed by atoms with Crippen LogP contribution in [0.5, 0.6) is 5.75 Å². The molecule has 0 fully saturated rings. The largest absolute Gasteiger partial charge is 0.491 e. The minimum atomic E-state index is 0.272. The van der Waals surface area contributed by atoms with Crippen LogP contribution in [0.15, 0.2) is 23.2 Å². The summed E-state index contributed by atoms with van der Waals surface area (Å²) in [6.07, 6.45) is 0. The summed E-state index contributed by atoms with van der Waals surface area (Å²) in [6.45, 7) is 5.91. The molecule has 0 unspecified atom stereocenters. The number of aliphatic imine (C=N–C) groups is 1. The van der Waals surface area contributed by atoms with Crippen LogP contribution >= 0.6 is 11.6 Å². The minimum Gasteiger partial charge on any atom is -0.491 e. The van der Waals surface area contributed by atoms with E-state index < -0.39 is 0 Å². The number of hydrogen-bond acceptors (Lipinski definition) is 6. The monoisotopic (exact) mass is 332 g/mol. The first kappa shape index (κ1) is 14.5. The molecule has 8 heteroatoms. The van der Waals surface area contributed by atoms with Gasteiger partial charge in [-0.25, -0.2) is 20.1 Å². The molecule has 1 N–H and O–H groups in total. The molecule has 23 heavy (non-hydrogen) atoms. The lowest BCUT2D eigenvalue weighted by Gasteiger charge is -2.22. The van der Waals surface area contributed by atoms with Crippen LogP contribution in [0.25, 0.3) is 11.4 Å². The molecule has 1 aromatic heterocycles. The fourth-order valence-corrected chi connectivity index (χ4v) is 2.94. The molecule has 0 spiro atoms. The molecular formula is C15H17ClN6O. The Bertz CT molecular complexity index is 784. The van der Waals surface area contributed by atoms with E-state index in [1.54, 1.807) is 0 Å². The van der Waals surface area contributed by atoms with Crippen molar-refractivity contribution >= 4 is 17.4 Å². The Morgan fingerprint density at radius 1 is 1.35 bits per heavy atom. The summed E-state index contributed by atoms with van der Waals surface area (Å²) in [7, 11) is 0. The number of nitrogens with zero attached hydrogens (tertiary/aromatic N) is 5. The van der Waals surface area contributed by atoms with Gasteiger partial charge in [0.05, 0.1) is 12.1 Å². The van der Waals surface area contributed by atoms with Crippen molar-refractivity contribution in [3.63, 3.8) is 0 Å². The first-order valence-corrected chi connectivity index (χ1v) is 7.96. The van der Waals surface area contributed by atoms with Crippen molar-refractivity contribution in [2.24, 2.45) is 4.99 Å². The van der Waals surface area contributed by atoms with Gasteiger partial charge in [0.15, 0.2) is 11.7 Å². The number of hydrogen-bond donors (Lipinski definition) is 1. The van der Waals surface area contributed by atoms with Crippen LogP contribution in [-0.4, -0.2) is 44.9 Å². The van der Waals surface area contributed by atoms with E-state index in [1.807, 2.05) is 27.9 Å². The Hall–Kier alpha value is -2.12. The van der Waals surface area contributed by atoms with Crippen LogP contribution in [-0.2, 0) is 6.54 Å². The predicted molar refractivity (Wildman–Crippen MR) is 87.5 cm³/mol. The lowest BCUT2D eigenvalue weighted by atomic mass is 10.2. The molecule has 120 valence electrons. The quantitative estimate of drug-likeness (QED) is 0.910. The Kier molecular flexibility index (Phi) is 3.46. The zero-order valence-electron chi connectivity index (χ0n) is 13.0. The molecule has 4 rings (SSSR count). The van der Waals surface area contributed by atoms with Gasteiger partial charge < -0.3 is 4.74 Å². The highest BCUT2D eigenvalue weighted by atomic mass is 35.5. The molecule has 1 aromatic carbocycles. The second-order valence-corrected chi connectivity index (χ2v) is 6.17. The third-order valence-corrected chi connectivity index (χ3v) is 4.07. The van der Waals surface area contributed by atoms with Crippen LogP contribution in [0.1, 0.15) is 19.7 Å². The van der Waals surface area contributed by atoms with Gasteiger partial charge in [0, 0.05) is 11.1 Å². The number of nitrogens with one attached hydrogen (secondary N) is 1. The lowest BCUT2D eigenvalue weighted by Crippen LogP contribution is -2.43. The summed E-state index contributed by atoms with van der Waals surface area (Å²) in [5.74, 6) is 2.92. The maximum atomic E-state index is 6.06. The molecule has 0 radical (unpaired) electrons. The molecule has 7 nitrogen and oxygen atoms in total. The van der Waals surface area contributed by atoms with Gasteiger partial charge in [-0.05, 0) is 32.0 Å². The zero-order chi connectivity index (χ0) is 16.0. The Morgan fingerprint density at radius 3 is 3.04 bits per heavy atom. The van der Waals surface area contributed by atoms with Crippen molar-refractivity contribution in [3.05, 3.63) is 29.0 Å². The maximum absolute atomic E-state index is 6.06. The molecule has 0 saturated heterocycles. The van der Waals surface area contributed by atoms with E-state index in [0.717, 1.165) is 23.0 Å². The number of fused-ring (bicyclic) bond motifs is 3. The summed E-state index contributed by atoms with van der Waals surface area (Å²) in [5, 5.41) is 7.27. The van der Waals surface area contributed by atoms with Gasteiger partial charge in [0.2, 0.25) is 5.82 Å². The van der Waals surface area contributed by atoms with E-state index >= 15 is 0 Å². The summed E-state index contributed by atoms with van der Waals surface area (Å²) >= 11 is 6.06. The predicted octanol–water partition coefficient (Wildman–Crippen LogP) is 1.92. The fourth-order valence-electron chi connectivity index (χ4n) is 2.78. The number of amidine groups is 1. The van der Waals surface area contributed by atoms with Crippen molar-refractivity contribution in [1.29, 1.82) is 0 Å². The van der Waals surface area contributed by atoms with Gasteiger partial charge >= 0.3 is 0 Å². The maximum Gasteiger partial charge on any atom is 0.218 e. The van der Waals surface area contributed by atoms with Gasteiger partial charge in [-0.1, -0.05) is 11.6 Å². The fraction of sp³-hybridized carbons (Fsp3) is 0.400. The highest BCUT2D eigenvalue weighted by molar-refractivity contribution is 6.30. The van der Waals surface area contributed by atoms with Crippen LogP contribution in [0.4, 0.5) is 0 Å². The van der Waals surface area contributed by atoms with E-state index in [9.17, 15) is 0 Å². The highest BCUT2D eigenvalue weighted by Gasteiger charge is 2.27. The third kappa shape index (κ3) is 2.46. The topological polar surface area (TPSA) is 67.6 Å². The smallest absolute Gasteiger partial charge is 0.218 e. The van der Waals surface area contributed by atoms with Crippen molar-refractivity contribution in [2.75, 3.05) is 13.3 Å². The molecule has 3 heterocycles. The highest BCUT2D eigenvalue weighted by Crippen LogP contribution is 2.33. The van der Waals surface area contributed by atoms with Crippen molar-refractivity contribution in [3.8, 4) is 17.1 Å². The van der Waals surface area contributed by atoms with Crippen LogP contribution in [0, 0.1) is 0 Å². The Balaban J connectivity index is 1.79. The van der Waals surface area contributed by atoms with E-state index in [2.05, 4.69) is 29.4 Å². The summed E-state index contributed by atoms with van der Waals surface area (Å²) in [5.41, 5.74) is 4.12. The average Bonchev–Trinajstić information content (AvgIpc) is 3.11. The molecule has 2 aromatic rings. The third-order valence-electron chi connectivity index (χ3n) is 3.83. The van der Waals surface area contributed by atoms with Crippen molar-refractivity contribution in [2.45, 2.75) is 26.4 Å². The second kappa shape index (κ2) is 5.50. The van der Waals surface area contributed by atoms with Crippen LogP contribution in [0.3, 0.4) is 0 Å². The average molecular weight is 333 g/mol. The first-order valence-electron chi connectivity index (χ1n) is 7.58. The minimum absolute atomic E-state index is 0.272. The summed E-state index contributed by atoms with van der Waals surface area (Å²) in [6, 6.07) is 5.84. The molecule has 0 amide bonds. The molecule has 0 aliphatic carbocycles. The molecule has 2 aliphatic rings. The molecule has 0 saturated carbocycles. The second-order valence-electron chi connectivity index (χ2n) is 5.73. The number of aromatic nitrogens is 3. The number of rotatable bonds is 2. The molecule has 0 bridgehead atoms. The van der Waals surface area contributed by atoms with E-state index in [-0.39, 0.29) is 6.04 Å². The van der Waals surface area contributed by atoms with Gasteiger partial charge in [-0.3, -0.25) is 5.01 Å². The molecule has 0 atom stereocenters. The van der Waals surface area contributed by atoms with E-state index in [4.69, 9.17) is 21.3 Å². The first-order chi connectivity index (χ1) is 11.1. The van der Waals surface area contributed by atoms with Crippen molar-refractivity contribution in [1.82, 2.24) is 25.2 Å². The van der Waals surface area contributed by atoms with Crippen LogP contribution < -0.4 is 10.2 Å². The number of halogens is 1. The van der Waals surface area contributed by atoms with Crippen molar-refractivity contribution < 1.29 is 4.74 Å². The summed E-state index contributed by atoms with van der Waals surface area (Å²) < 4.78 is 7.63. The number of benzene rings is 1. The zero-order valence-corrected chi connectivity index (χ0v) is 13.7. The number of ether oxygens (including phenoxy) is 1. The Labute approximate surface area is 138 Å². The standard InChI is InChI=1S/C15H17ClN6O/c1-9(2)22-15(17-8-18-22)13-19-14-11-4-3-10(16)7-12(11)23-6-5-21(14)20-13/h3-4,7,9,18H,5-6,8H2,1-2H3. The number of hydrazine groups is 1. The van der Waals surface area contributed by atoms with Gasteiger partial charge in [0.25, 0.3) is 0 Å². The molecule has 2 aliphatic heterocycles. The van der Waals surface area contributed by atoms with Gasteiger partial charge in [-0.15, -0.1) is 5.10 Å². The van der Waals surface area contributed by atoms with Crippen LogP contribution in [0.2, 0.25) is 5.02 Å². The molecular weight excluding hydrogens is 316 g/mol. The Morgan fingerprint density at radius 2 is 2.22 bits per heavy atom. The van der Waals surface area contributed by atoms with Gasteiger partial charge in [-0.2, -0.15) is 0 Å². The lowest BCUT2D eigenvalue weighted by molar-refractivity contribution is 0.282. The van der Waals surface area contributed by atoms with E-state index in [0.29, 0.717) is 30.7 Å². The van der Waals surface area contributed by atoms with Gasteiger partial charge in [0.1, 0.15) is 19.0 Å². The normalized spacial score (nSPS) is 16.7. The van der Waals surface area contributed by atoms with E-state index in [1.165, 1.54) is 0 Å². The summed E-state index contributed by atoms with van der Waals surface area (Å²) in [4.78, 5) is 9.20. The SMILES string of the molecule is CC(C)N1NCN=C1c1nc2n(n1)CCOc1cc(Cl)ccc1-2.